The van der Waals surface area contributed by atoms with Crippen molar-refractivity contribution < 1.29 is 9.90 Å². The van der Waals surface area contributed by atoms with Crippen LogP contribution in [-0.2, 0) is 4.79 Å². The standard InChI is InChI=1S/C15H18BrNO2/c1-11-3-2-8-17(10-11)14-6-5-13(16)9-12(14)4-7-15(18)19/h4-7,9,11H,2-3,8,10H2,1H3,(H,18,19). The lowest BCUT2D eigenvalue weighted by atomic mass is 9.99. The minimum absolute atomic E-state index is 0.689. The Kier molecular flexibility index (Phi) is 4.64. The van der Waals surface area contributed by atoms with E-state index >= 15 is 0 Å². The van der Waals surface area contributed by atoms with Gasteiger partial charge in [0, 0.05) is 29.3 Å². The number of piperidine rings is 1. The first kappa shape index (κ1) is 14.1. The summed E-state index contributed by atoms with van der Waals surface area (Å²) in [7, 11) is 0. The summed E-state index contributed by atoms with van der Waals surface area (Å²) in [6.07, 6.45) is 5.33. The number of hydrogen-bond donors (Lipinski definition) is 1. The minimum Gasteiger partial charge on any atom is -0.478 e. The molecular weight excluding hydrogens is 306 g/mol. The van der Waals surface area contributed by atoms with Crippen LogP contribution in [0.2, 0.25) is 0 Å². The van der Waals surface area contributed by atoms with Crippen LogP contribution in [0.5, 0.6) is 0 Å². The number of benzene rings is 1. The van der Waals surface area contributed by atoms with E-state index in [0.717, 1.165) is 28.8 Å². The van der Waals surface area contributed by atoms with Crippen LogP contribution < -0.4 is 4.90 Å². The number of aliphatic carboxylic acids is 1. The van der Waals surface area contributed by atoms with Crippen molar-refractivity contribution in [1.29, 1.82) is 0 Å². The first-order chi connectivity index (χ1) is 9.06. The van der Waals surface area contributed by atoms with Crippen LogP contribution in [0, 0.1) is 5.92 Å². The van der Waals surface area contributed by atoms with Crippen LogP contribution >= 0.6 is 15.9 Å². The van der Waals surface area contributed by atoms with Gasteiger partial charge in [0.25, 0.3) is 0 Å². The smallest absolute Gasteiger partial charge is 0.328 e. The lowest BCUT2D eigenvalue weighted by molar-refractivity contribution is -0.131. The van der Waals surface area contributed by atoms with Crippen molar-refractivity contribution in [2.24, 2.45) is 5.92 Å². The molecule has 1 N–H and O–H groups in total. The summed E-state index contributed by atoms with van der Waals surface area (Å²) in [5.74, 6) is -0.230. The molecule has 4 heteroatoms. The van der Waals surface area contributed by atoms with E-state index in [9.17, 15) is 4.79 Å². The highest BCUT2D eigenvalue weighted by Gasteiger charge is 2.18. The molecule has 19 heavy (non-hydrogen) atoms. The van der Waals surface area contributed by atoms with E-state index in [4.69, 9.17) is 5.11 Å². The molecule has 1 aromatic carbocycles. The molecule has 0 saturated carbocycles. The largest absolute Gasteiger partial charge is 0.478 e. The molecule has 1 aromatic rings. The second-order valence-electron chi connectivity index (χ2n) is 5.07. The van der Waals surface area contributed by atoms with Crippen molar-refractivity contribution in [3.63, 3.8) is 0 Å². The predicted octanol–water partition coefficient (Wildman–Crippen LogP) is 3.78. The summed E-state index contributed by atoms with van der Waals surface area (Å²) in [6, 6.07) is 6.03. The number of carboxylic acids is 1. The van der Waals surface area contributed by atoms with Gasteiger partial charge in [0.05, 0.1) is 0 Å². The number of carbonyl (C=O) groups is 1. The third-order valence-corrected chi connectivity index (χ3v) is 3.89. The highest BCUT2D eigenvalue weighted by atomic mass is 79.9. The van der Waals surface area contributed by atoms with Crippen LogP contribution in [0.25, 0.3) is 6.08 Å². The first-order valence-electron chi connectivity index (χ1n) is 6.52. The van der Waals surface area contributed by atoms with Gasteiger partial charge in [-0.2, -0.15) is 0 Å². The van der Waals surface area contributed by atoms with Gasteiger partial charge < -0.3 is 10.0 Å². The second kappa shape index (κ2) is 6.24. The fourth-order valence-electron chi connectivity index (χ4n) is 2.52. The Morgan fingerprint density at radius 1 is 1.53 bits per heavy atom. The fraction of sp³-hybridized carbons (Fsp3) is 0.400. The molecular formula is C15H18BrNO2. The molecule has 1 fully saturated rings. The van der Waals surface area contributed by atoms with Crippen molar-refractivity contribution >= 4 is 33.7 Å². The maximum atomic E-state index is 10.7. The van der Waals surface area contributed by atoms with Gasteiger partial charge in [0.15, 0.2) is 0 Å². The van der Waals surface area contributed by atoms with Crippen molar-refractivity contribution in [3.8, 4) is 0 Å². The minimum atomic E-state index is -0.919. The Hall–Kier alpha value is -1.29. The van der Waals surface area contributed by atoms with Crippen molar-refractivity contribution in [2.45, 2.75) is 19.8 Å². The van der Waals surface area contributed by atoms with Crippen LogP contribution in [0.1, 0.15) is 25.3 Å². The number of rotatable bonds is 3. The molecule has 1 saturated heterocycles. The number of halogens is 1. The normalized spacial score (nSPS) is 19.9. The Bertz CT molecular complexity index is 499. The molecule has 0 radical (unpaired) electrons. The zero-order chi connectivity index (χ0) is 13.8. The molecule has 0 aromatic heterocycles. The zero-order valence-corrected chi connectivity index (χ0v) is 12.6. The van der Waals surface area contributed by atoms with Crippen LogP contribution in [0.4, 0.5) is 5.69 Å². The van der Waals surface area contributed by atoms with Crippen LogP contribution in [-0.4, -0.2) is 24.2 Å². The third kappa shape index (κ3) is 3.83. The Morgan fingerprint density at radius 3 is 3.00 bits per heavy atom. The average Bonchev–Trinajstić information content (AvgIpc) is 2.36. The van der Waals surface area contributed by atoms with E-state index in [1.54, 1.807) is 6.08 Å². The molecule has 0 amide bonds. The maximum Gasteiger partial charge on any atom is 0.328 e. The van der Waals surface area contributed by atoms with E-state index in [-0.39, 0.29) is 0 Å². The SMILES string of the molecule is CC1CCCN(c2ccc(Br)cc2C=CC(=O)O)C1. The molecule has 1 aliphatic rings. The van der Waals surface area contributed by atoms with Crippen LogP contribution in [0.3, 0.4) is 0 Å². The summed E-state index contributed by atoms with van der Waals surface area (Å²) in [5.41, 5.74) is 2.07. The monoisotopic (exact) mass is 323 g/mol. The molecule has 2 rings (SSSR count). The Morgan fingerprint density at radius 2 is 2.32 bits per heavy atom. The summed E-state index contributed by atoms with van der Waals surface area (Å²) in [6.45, 7) is 4.34. The highest BCUT2D eigenvalue weighted by molar-refractivity contribution is 9.10. The van der Waals surface area contributed by atoms with Crippen molar-refractivity contribution in [1.82, 2.24) is 0 Å². The summed E-state index contributed by atoms with van der Waals surface area (Å²) in [4.78, 5) is 13.0. The molecule has 1 aliphatic heterocycles. The van der Waals surface area contributed by atoms with Gasteiger partial charge >= 0.3 is 5.97 Å². The van der Waals surface area contributed by atoms with Gasteiger partial charge in [-0.15, -0.1) is 0 Å². The second-order valence-corrected chi connectivity index (χ2v) is 5.98. The van der Waals surface area contributed by atoms with Gasteiger partial charge in [-0.05, 0) is 48.6 Å². The Labute approximate surface area is 122 Å². The molecule has 0 aliphatic carbocycles. The average molecular weight is 324 g/mol. The summed E-state index contributed by atoms with van der Waals surface area (Å²) in [5, 5.41) is 8.78. The topological polar surface area (TPSA) is 40.5 Å². The van der Waals surface area contributed by atoms with Gasteiger partial charge in [0.2, 0.25) is 0 Å². The first-order valence-corrected chi connectivity index (χ1v) is 7.31. The van der Waals surface area contributed by atoms with Gasteiger partial charge in [-0.1, -0.05) is 22.9 Å². The molecule has 1 heterocycles. The molecule has 1 atom stereocenters. The third-order valence-electron chi connectivity index (χ3n) is 3.39. The number of nitrogens with zero attached hydrogens (tertiary/aromatic N) is 1. The quantitative estimate of drug-likeness (QED) is 0.860. The highest BCUT2D eigenvalue weighted by Crippen LogP contribution is 2.29. The van der Waals surface area contributed by atoms with E-state index in [0.29, 0.717) is 5.92 Å². The zero-order valence-electron chi connectivity index (χ0n) is 11.0. The fourth-order valence-corrected chi connectivity index (χ4v) is 2.89. The van der Waals surface area contributed by atoms with E-state index < -0.39 is 5.97 Å². The van der Waals surface area contributed by atoms with Gasteiger partial charge in [-0.3, -0.25) is 0 Å². The predicted molar refractivity (Wildman–Crippen MR) is 81.4 cm³/mol. The van der Waals surface area contributed by atoms with Gasteiger partial charge in [-0.25, -0.2) is 4.79 Å². The van der Waals surface area contributed by atoms with Crippen LogP contribution in [0.15, 0.2) is 28.7 Å². The lowest BCUT2D eigenvalue weighted by Gasteiger charge is -2.33. The van der Waals surface area contributed by atoms with Gasteiger partial charge in [0.1, 0.15) is 0 Å². The van der Waals surface area contributed by atoms with Crippen molar-refractivity contribution in [2.75, 3.05) is 18.0 Å². The van der Waals surface area contributed by atoms with E-state index in [1.165, 1.54) is 18.9 Å². The van der Waals surface area contributed by atoms with E-state index in [2.05, 4.69) is 33.8 Å². The summed E-state index contributed by atoms with van der Waals surface area (Å²) < 4.78 is 0.964. The number of carboxylic acid groups (broad SMARTS) is 1. The summed E-state index contributed by atoms with van der Waals surface area (Å²) >= 11 is 3.44. The Balaban J connectivity index is 2.30. The molecule has 0 bridgehead atoms. The number of anilines is 1. The van der Waals surface area contributed by atoms with Crippen molar-refractivity contribution in [3.05, 3.63) is 34.3 Å². The molecule has 0 spiro atoms. The molecule has 1 unspecified atom stereocenters. The molecule has 102 valence electrons. The molecule has 3 nitrogen and oxygen atoms in total. The van der Waals surface area contributed by atoms with E-state index in [1.807, 2.05) is 12.1 Å². The number of hydrogen-bond acceptors (Lipinski definition) is 2. The maximum absolute atomic E-state index is 10.7. The lowest BCUT2D eigenvalue weighted by Crippen LogP contribution is -2.34.